The fourth-order valence-electron chi connectivity index (χ4n) is 4.31. The largest absolute Gasteiger partial charge is 0.486 e. The second kappa shape index (κ2) is 9.40. The Labute approximate surface area is 191 Å². The number of fused-ring (bicyclic) bond motifs is 1. The summed E-state index contributed by atoms with van der Waals surface area (Å²) in [6.45, 7) is 3.47. The number of carbonyl (C=O) groups is 1. The van der Waals surface area contributed by atoms with Crippen molar-refractivity contribution in [3.05, 3.63) is 71.7 Å². The first-order chi connectivity index (χ1) is 16.2. The number of para-hydroxylation sites is 1. The lowest BCUT2D eigenvalue weighted by molar-refractivity contribution is 0.0755. The fourth-order valence-corrected chi connectivity index (χ4v) is 4.31. The molecular formula is C24H26N6O3. The van der Waals surface area contributed by atoms with Crippen LogP contribution in [0.1, 0.15) is 46.7 Å². The first kappa shape index (κ1) is 21.1. The number of aryl methyl sites for hydroxylation is 1. The molecule has 0 unspecified atom stereocenters. The summed E-state index contributed by atoms with van der Waals surface area (Å²) >= 11 is 0. The van der Waals surface area contributed by atoms with Crippen molar-refractivity contribution in [2.45, 2.75) is 39.2 Å². The van der Waals surface area contributed by atoms with E-state index in [1.54, 1.807) is 6.20 Å². The predicted octanol–water partition coefficient (Wildman–Crippen LogP) is 3.48. The Morgan fingerprint density at radius 1 is 1.18 bits per heavy atom. The van der Waals surface area contributed by atoms with Gasteiger partial charge < -0.3 is 14.0 Å². The quantitative estimate of drug-likeness (QED) is 0.447. The van der Waals surface area contributed by atoms with Crippen LogP contribution in [-0.2, 0) is 13.0 Å². The summed E-state index contributed by atoms with van der Waals surface area (Å²) in [4.78, 5) is 24.1. The summed E-state index contributed by atoms with van der Waals surface area (Å²) in [5, 5.41) is 7.62. The van der Waals surface area contributed by atoms with E-state index in [0.717, 1.165) is 50.1 Å². The SMILES string of the molecule is Cc1nonc1COc1ccccc1C(=O)N1CCC[C@H](Cc2cn3ccnc3cn2)CC1. The van der Waals surface area contributed by atoms with Crippen molar-refractivity contribution in [3.8, 4) is 5.75 Å². The van der Waals surface area contributed by atoms with Crippen molar-refractivity contribution in [3.63, 3.8) is 0 Å². The van der Waals surface area contributed by atoms with Crippen LogP contribution in [0.25, 0.3) is 5.65 Å². The first-order valence-corrected chi connectivity index (χ1v) is 11.2. The Hall–Kier alpha value is -3.75. The molecule has 9 heteroatoms. The second-order valence-electron chi connectivity index (χ2n) is 8.45. The number of carbonyl (C=O) groups excluding carboxylic acids is 1. The molecule has 0 spiro atoms. The van der Waals surface area contributed by atoms with E-state index in [0.29, 0.717) is 28.6 Å². The molecule has 1 aliphatic heterocycles. The standard InChI is InChI=1S/C24H26N6O3/c1-17-21(28-33-27-17)16-32-22-7-3-2-6-20(22)24(31)29-10-4-5-18(8-11-29)13-19-15-30-12-9-25-23(30)14-26-19/h2-3,6-7,9,12,14-15,18H,4-5,8,10-11,13,16H2,1H3/t18-/m0/s1. The highest BCUT2D eigenvalue weighted by molar-refractivity contribution is 5.97. The number of hydrogen-bond donors (Lipinski definition) is 0. The number of benzene rings is 1. The summed E-state index contributed by atoms with van der Waals surface area (Å²) in [6.07, 6.45) is 11.5. The number of amides is 1. The number of hydrogen-bond acceptors (Lipinski definition) is 7. The minimum absolute atomic E-state index is 0.000732. The molecule has 1 atom stereocenters. The molecule has 33 heavy (non-hydrogen) atoms. The summed E-state index contributed by atoms with van der Waals surface area (Å²) in [6, 6.07) is 7.36. The number of nitrogens with zero attached hydrogens (tertiary/aromatic N) is 6. The highest BCUT2D eigenvalue weighted by atomic mass is 16.6. The van der Waals surface area contributed by atoms with Gasteiger partial charge in [0, 0.05) is 31.7 Å². The van der Waals surface area contributed by atoms with Gasteiger partial charge in [-0.3, -0.25) is 9.78 Å². The minimum atomic E-state index is -0.000732. The van der Waals surface area contributed by atoms with E-state index in [9.17, 15) is 4.79 Å². The van der Waals surface area contributed by atoms with Crippen LogP contribution in [0.3, 0.4) is 0 Å². The van der Waals surface area contributed by atoms with Crippen molar-refractivity contribution in [2.75, 3.05) is 13.1 Å². The molecule has 0 bridgehead atoms. The van der Waals surface area contributed by atoms with Crippen LogP contribution >= 0.6 is 0 Å². The Morgan fingerprint density at radius 3 is 2.97 bits per heavy atom. The molecular weight excluding hydrogens is 420 g/mol. The van der Waals surface area contributed by atoms with Crippen LogP contribution in [0.15, 0.2) is 53.7 Å². The third-order valence-electron chi connectivity index (χ3n) is 6.19. The van der Waals surface area contributed by atoms with Gasteiger partial charge in [-0.15, -0.1) is 0 Å². The molecule has 9 nitrogen and oxygen atoms in total. The second-order valence-corrected chi connectivity index (χ2v) is 8.45. The van der Waals surface area contributed by atoms with Gasteiger partial charge in [0.1, 0.15) is 23.7 Å². The van der Waals surface area contributed by atoms with Crippen molar-refractivity contribution in [2.24, 2.45) is 5.92 Å². The molecule has 1 aromatic carbocycles. The molecule has 1 amide bonds. The van der Waals surface area contributed by atoms with Crippen LogP contribution in [0.4, 0.5) is 0 Å². The highest BCUT2D eigenvalue weighted by Crippen LogP contribution is 2.26. The normalized spacial score (nSPS) is 16.6. The topological polar surface area (TPSA) is 98.6 Å². The highest BCUT2D eigenvalue weighted by Gasteiger charge is 2.24. The average Bonchev–Trinajstić information content (AvgIpc) is 3.40. The molecule has 3 aromatic heterocycles. The summed E-state index contributed by atoms with van der Waals surface area (Å²) < 4.78 is 12.6. The predicted molar refractivity (Wildman–Crippen MR) is 120 cm³/mol. The lowest BCUT2D eigenvalue weighted by Gasteiger charge is -2.22. The molecule has 1 aliphatic rings. The fraction of sp³-hybridized carbons (Fsp3) is 0.375. The van der Waals surface area contributed by atoms with Gasteiger partial charge in [-0.2, -0.15) is 0 Å². The molecule has 0 aliphatic carbocycles. The van der Waals surface area contributed by atoms with Gasteiger partial charge in [-0.25, -0.2) is 9.61 Å². The minimum Gasteiger partial charge on any atom is -0.486 e. The molecule has 1 saturated heterocycles. The van der Waals surface area contributed by atoms with E-state index >= 15 is 0 Å². The zero-order valence-electron chi connectivity index (χ0n) is 18.6. The molecule has 0 saturated carbocycles. The number of ether oxygens (including phenoxy) is 1. The molecule has 1 fully saturated rings. The monoisotopic (exact) mass is 446 g/mol. The third kappa shape index (κ3) is 4.72. The van der Waals surface area contributed by atoms with Gasteiger partial charge in [0.05, 0.1) is 17.5 Å². The van der Waals surface area contributed by atoms with Gasteiger partial charge in [0.2, 0.25) is 0 Å². The summed E-state index contributed by atoms with van der Waals surface area (Å²) in [5.41, 5.74) is 3.78. The lowest BCUT2D eigenvalue weighted by Crippen LogP contribution is -2.32. The molecule has 0 N–H and O–H groups in total. The van der Waals surface area contributed by atoms with E-state index in [4.69, 9.17) is 9.37 Å². The Bertz CT molecular complexity index is 1250. The number of likely N-dealkylation sites (tertiary alicyclic amines) is 1. The Kier molecular flexibility index (Phi) is 6.01. The van der Waals surface area contributed by atoms with Crippen LogP contribution in [0.2, 0.25) is 0 Å². The van der Waals surface area contributed by atoms with Gasteiger partial charge >= 0.3 is 0 Å². The number of aromatic nitrogens is 5. The smallest absolute Gasteiger partial charge is 0.257 e. The molecule has 170 valence electrons. The van der Waals surface area contributed by atoms with E-state index in [-0.39, 0.29) is 12.5 Å². The zero-order chi connectivity index (χ0) is 22.6. The van der Waals surface area contributed by atoms with E-state index in [1.165, 1.54) is 0 Å². The maximum Gasteiger partial charge on any atom is 0.257 e. The maximum absolute atomic E-state index is 13.4. The van der Waals surface area contributed by atoms with Crippen LogP contribution < -0.4 is 4.74 Å². The first-order valence-electron chi connectivity index (χ1n) is 11.2. The zero-order valence-corrected chi connectivity index (χ0v) is 18.6. The number of rotatable bonds is 6. The van der Waals surface area contributed by atoms with E-state index in [1.807, 2.05) is 52.9 Å². The van der Waals surface area contributed by atoms with Gasteiger partial charge in [0.25, 0.3) is 5.91 Å². The van der Waals surface area contributed by atoms with Crippen molar-refractivity contribution >= 4 is 11.6 Å². The van der Waals surface area contributed by atoms with Crippen molar-refractivity contribution in [1.29, 1.82) is 0 Å². The Balaban J connectivity index is 1.23. The van der Waals surface area contributed by atoms with E-state index < -0.39 is 0 Å². The molecule has 4 heterocycles. The van der Waals surface area contributed by atoms with Crippen LogP contribution in [0.5, 0.6) is 5.75 Å². The van der Waals surface area contributed by atoms with Crippen molar-refractivity contribution < 1.29 is 14.2 Å². The van der Waals surface area contributed by atoms with Crippen LogP contribution in [0, 0.1) is 12.8 Å². The summed E-state index contributed by atoms with van der Waals surface area (Å²) in [5.74, 6) is 1.04. The average molecular weight is 447 g/mol. The van der Waals surface area contributed by atoms with E-state index in [2.05, 4.69) is 26.5 Å². The molecule has 0 radical (unpaired) electrons. The third-order valence-corrected chi connectivity index (χ3v) is 6.19. The number of imidazole rings is 1. The molecule has 5 rings (SSSR count). The maximum atomic E-state index is 13.4. The Morgan fingerprint density at radius 2 is 2.09 bits per heavy atom. The van der Waals surface area contributed by atoms with Gasteiger partial charge in [-0.05, 0) is 50.7 Å². The van der Waals surface area contributed by atoms with Crippen molar-refractivity contribution in [1.82, 2.24) is 29.6 Å². The van der Waals surface area contributed by atoms with Crippen LogP contribution in [-0.4, -0.2) is 48.6 Å². The molecule has 4 aromatic rings. The lowest BCUT2D eigenvalue weighted by atomic mass is 9.95. The van der Waals surface area contributed by atoms with Gasteiger partial charge in [-0.1, -0.05) is 22.4 Å². The van der Waals surface area contributed by atoms with Gasteiger partial charge in [0.15, 0.2) is 5.65 Å². The summed E-state index contributed by atoms with van der Waals surface area (Å²) in [7, 11) is 0.